The fourth-order valence-electron chi connectivity index (χ4n) is 2.35. The van der Waals surface area contributed by atoms with Gasteiger partial charge >= 0.3 is 6.03 Å². The van der Waals surface area contributed by atoms with Gasteiger partial charge in [-0.3, -0.25) is 10.3 Å². The van der Waals surface area contributed by atoms with Crippen LogP contribution in [0.2, 0.25) is 0 Å². The van der Waals surface area contributed by atoms with E-state index < -0.39 is 0 Å². The van der Waals surface area contributed by atoms with Gasteiger partial charge in [-0.1, -0.05) is 18.2 Å². The van der Waals surface area contributed by atoms with Gasteiger partial charge in [-0.05, 0) is 36.4 Å². The lowest BCUT2D eigenvalue weighted by atomic mass is 10.3. The summed E-state index contributed by atoms with van der Waals surface area (Å²) in [5.74, 6) is 1.34. The predicted molar refractivity (Wildman–Crippen MR) is 91.2 cm³/mol. The van der Waals surface area contributed by atoms with E-state index in [4.69, 9.17) is 4.74 Å². The van der Waals surface area contributed by atoms with E-state index in [1.165, 1.54) is 0 Å². The molecule has 0 radical (unpaired) electrons. The number of urea groups is 1. The first-order valence-corrected chi connectivity index (χ1v) is 7.35. The van der Waals surface area contributed by atoms with Crippen molar-refractivity contribution in [2.75, 3.05) is 30.4 Å². The minimum atomic E-state index is -0.310. The molecule has 2 aromatic rings. The summed E-state index contributed by atoms with van der Waals surface area (Å²) >= 11 is 0. The van der Waals surface area contributed by atoms with Crippen molar-refractivity contribution in [3.63, 3.8) is 0 Å². The van der Waals surface area contributed by atoms with Crippen LogP contribution in [0.3, 0.4) is 0 Å². The van der Waals surface area contributed by atoms with Crippen LogP contribution in [0, 0.1) is 0 Å². The highest BCUT2D eigenvalue weighted by molar-refractivity contribution is 6.09. The fourth-order valence-corrected chi connectivity index (χ4v) is 2.35. The molecule has 2 aromatic carbocycles. The number of hydrogen-bond acceptors (Lipinski definition) is 4. The molecule has 0 aromatic heterocycles. The number of guanidine groups is 1. The minimum absolute atomic E-state index is 0.310. The molecule has 0 saturated heterocycles. The molecule has 0 aliphatic carbocycles. The van der Waals surface area contributed by atoms with Crippen molar-refractivity contribution in [2.45, 2.75) is 0 Å². The van der Waals surface area contributed by atoms with E-state index in [1.807, 2.05) is 59.5 Å². The van der Waals surface area contributed by atoms with Gasteiger partial charge in [0.2, 0.25) is 5.96 Å². The van der Waals surface area contributed by atoms with Crippen LogP contribution in [0.1, 0.15) is 0 Å². The van der Waals surface area contributed by atoms with Crippen molar-refractivity contribution in [3.05, 3.63) is 54.6 Å². The van der Waals surface area contributed by atoms with Gasteiger partial charge in [0.15, 0.2) is 0 Å². The summed E-state index contributed by atoms with van der Waals surface area (Å²) < 4.78 is 5.16. The summed E-state index contributed by atoms with van der Waals surface area (Å²) in [5, 5.41) is 5.58. The molecule has 2 N–H and O–H groups in total. The molecule has 0 atom stereocenters. The normalized spacial score (nSPS) is 13.4. The number of carbonyl (C=O) groups excluding carboxylic acids is 1. The standard InChI is InChI=1S/C17H18N4O2/c1-23-15-9-7-14(8-10-15)21-12-11-18-16(21)20-17(22)19-13-5-3-2-4-6-13/h2-10H,11-12H2,1H3,(H2,18,19,20,22). The summed E-state index contributed by atoms with van der Waals surface area (Å²) in [6.07, 6.45) is 0. The maximum absolute atomic E-state index is 12.1. The van der Waals surface area contributed by atoms with Gasteiger partial charge in [0, 0.05) is 17.9 Å². The summed E-state index contributed by atoms with van der Waals surface area (Å²) in [6.45, 7) is 1.38. The fraction of sp³-hybridized carbons (Fsp3) is 0.176. The molecule has 23 heavy (non-hydrogen) atoms. The Hall–Kier alpha value is -3.02. The molecule has 0 saturated carbocycles. The molecule has 3 rings (SSSR count). The second kappa shape index (κ2) is 6.83. The number of nitrogens with one attached hydrogen (secondary N) is 2. The van der Waals surface area contributed by atoms with E-state index in [0.717, 1.165) is 23.7 Å². The van der Waals surface area contributed by atoms with Gasteiger partial charge in [-0.25, -0.2) is 4.79 Å². The van der Waals surface area contributed by atoms with Crippen LogP contribution in [0.5, 0.6) is 5.75 Å². The second-order valence-corrected chi connectivity index (χ2v) is 5.00. The van der Waals surface area contributed by atoms with Crippen molar-refractivity contribution in [1.82, 2.24) is 5.32 Å². The SMILES string of the molecule is COc1ccc(N2CCN=C2NC(=O)Nc2ccccc2)cc1. The summed E-state index contributed by atoms with van der Waals surface area (Å²) in [4.78, 5) is 18.4. The monoisotopic (exact) mass is 310 g/mol. The van der Waals surface area contributed by atoms with E-state index in [9.17, 15) is 4.79 Å². The van der Waals surface area contributed by atoms with Crippen molar-refractivity contribution < 1.29 is 9.53 Å². The van der Waals surface area contributed by atoms with Crippen molar-refractivity contribution in [3.8, 4) is 5.75 Å². The topological polar surface area (TPSA) is 66.0 Å². The smallest absolute Gasteiger partial charge is 0.326 e. The zero-order valence-corrected chi connectivity index (χ0v) is 12.8. The van der Waals surface area contributed by atoms with E-state index in [0.29, 0.717) is 12.5 Å². The number of para-hydroxylation sites is 1. The molecule has 0 bridgehead atoms. The first kappa shape index (κ1) is 14.9. The largest absolute Gasteiger partial charge is 0.497 e. The molecule has 1 heterocycles. The van der Waals surface area contributed by atoms with Gasteiger partial charge in [-0.15, -0.1) is 0 Å². The second-order valence-electron chi connectivity index (χ2n) is 5.00. The molecule has 6 heteroatoms. The summed E-state index contributed by atoms with van der Waals surface area (Å²) in [5.41, 5.74) is 1.70. The zero-order valence-electron chi connectivity index (χ0n) is 12.8. The molecule has 2 amide bonds. The minimum Gasteiger partial charge on any atom is -0.497 e. The number of nitrogens with zero attached hydrogens (tertiary/aromatic N) is 2. The number of hydrogen-bond donors (Lipinski definition) is 2. The number of aliphatic imine (C=N–C) groups is 1. The summed E-state index contributed by atoms with van der Waals surface area (Å²) in [7, 11) is 1.63. The van der Waals surface area contributed by atoms with Gasteiger partial charge < -0.3 is 15.0 Å². The highest BCUT2D eigenvalue weighted by Crippen LogP contribution is 2.21. The lowest BCUT2D eigenvalue weighted by Crippen LogP contribution is -2.43. The van der Waals surface area contributed by atoms with Gasteiger partial charge in [0.05, 0.1) is 13.7 Å². The third-order valence-corrected chi connectivity index (χ3v) is 3.48. The number of carbonyl (C=O) groups is 1. The van der Waals surface area contributed by atoms with Crippen molar-refractivity contribution >= 4 is 23.4 Å². The predicted octanol–water partition coefficient (Wildman–Crippen LogP) is 2.69. The van der Waals surface area contributed by atoms with Crippen LogP contribution in [0.15, 0.2) is 59.6 Å². The average molecular weight is 310 g/mol. The average Bonchev–Trinajstić information content (AvgIpc) is 3.03. The highest BCUT2D eigenvalue weighted by atomic mass is 16.5. The molecule has 0 unspecified atom stereocenters. The Morgan fingerprint density at radius 3 is 2.52 bits per heavy atom. The van der Waals surface area contributed by atoms with E-state index in [2.05, 4.69) is 15.6 Å². The van der Waals surface area contributed by atoms with Crippen LogP contribution < -0.4 is 20.3 Å². The first-order chi connectivity index (χ1) is 11.3. The van der Waals surface area contributed by atoms with E-state index in [1.54, 1.807) is 7.11 Å². The quantitative estimate of drug-likeness (QED) is 0.916. The molecule has 6 nitrogen and oxygen atoms in total. The Balaban J connectivity index is 1.65. The third-order valence-electron chi connectivity index (χ3n) is 3.48. The Morgan fingerprint density at radius 2 is 1.83 bits per heavy atom. The van der Waals surface area contributed by atoms with Crippen LogP contribution in [-0.2, 0) is 0 Å². The molecule has 0 spiro atoms. The molecule has 1 aliphatic heterocycles. The molecule has 1 aliphatic rings. The molecular formula is C17H18N4O2. The first-order valence-electron chi connectivity index (χ1n) is 7.35. The number of rotatable bonds is 3. The zero-order chi connectivity index (χ0) is 16.1. The highest BCUT2D eigenvalue weighted by Gasteiger charge is 2.20. The van der Waals surface area contributed by atoms with Crippen LogP contribution in [0.4, 0.5) is 16.2 Å². The Kier molecular flexibility index (Phi) is 4.42. The van der Waals surface area contributed by atoms with Gasteiger partial charge in [0.1, 0.15) is 5.75 Å². The number of amides is 2. The molecular weight excluding hydrogens is 292 g/mol. The van der Waals surface area contributed by atoms with Gasteiger partial charge in [0.25, 0.3) is 0 Å². The third kappa shape index (κ3) is 3.60. The lowest BCUT2D eigenvalue weighted by Gasteiger charge is -2.21. The maximum Gasteiger partial charge on any atom is 0.326 e. The van der Waals surface area contributed by atoms with Crippen molar-refractivity contribution in [1.29, 1.82) is 0 Å². The van der Waals surface area contributed by atoms with E-state index in [-0.39, 0.29) is 6.03 Å². The Bertz CT molecular complexity index is 698. The Morgan fingerprint density at radius 1 is 1.09 bits per heavy atom. The Labute approximate surface area is 134 Å². The van der Waals surface area contributed by atoms with Crippen LogP contribution >= 0.6 is 0 Å². The number of anilines is 2. The van der Waals surface area contributed by atoms with Crippen molar-refractivity contribution in [2.24, 2.45) is 4.99 Å². The molecule has 118 valence electrons. The van der Waals surface area contributed by atoms with Crippen LogP contribution in [0.25, 0.3) is 0 Å². The maximum atomic E-state index is 12.1. The summed E-state index contributed by atoms with van der Waals surface area (Å²) in [6, 6.07) is 16.6. The lowest BCUT2D eigenvalue weighted by molar-refractivity contribution is 0.256. The number of ether oxygens (including phenoxy) is 1. The van der Waals surface area contributed by atoms with Crippen LogP contribution in [-0.4, -0.2) is 32.2 Å². The molecule has 0 fully saturated rings. The number of benzene rings is 2. The van der Waals surface area contributed by atoms with Gasteiger partial charge in [-0.2, -0.15) is 0 Å². The number of methoxy groups -OCH3 is 1. The van der Waals surface area contributed by atoms with E-state index >= 15 is 0 Å².